The van der Waals surface area contributed by atoms with Crippen LogP contribution in [-0.4, -0.2) is 47.0 Å². The van der Waals surface area contributed by atoms with E-state index in [1.165, 1.54) is 25.0 Å². The Hall–Kier alpha value is -2.50. The Morgan fingerprint density at radius 3 is 2.34 bits per heavy atom. The minimum absolute atomic E-state index is 0.228. The van der Waals surface area contributed by atoms with Gasteiger partial charge in [0.15, 0.2) is 0 Å². The number of benzene rings is 1. The fourth-order valence-electron chi connectivity index (χ4n) is 4.56. The Kier molecular flexibility index (Phi) is 5.79. The molecule has 5 nitrogen and oxygen atoms in total. The van der Waals surface area contributed by atoms with Crippen molar-refractivity contribution in [2.24, 2.45) is 5.92 Å². The molecule has 2 heterocycles. The van der Waals surface area contributed by atoms with Gasteiger partial charge in [-0.15, -0.1) is 0 Å². The predicted octanol–water partition coefficient (Wildman–Crippen LogP) is 3.66. The Bertz CT molecular complexity index is 869. The first kappa shape index (κ1) is 19.8. The summed E-state index contributed by atoms with van der Waals surface area (Å²) in [5.74, 6) is 2.05. The average Bonchev–Trinajstić information content (AvgIpc) is 3.26. The maximum absolute atomic E-state index is 13.3. The van der Waals surface area contributed by atoms with Gasteiger partial charge in [-0.25, -0.2) is 14.4 Å². The van der Waals surface area contributed by atoms with E-state index in [-0.39, 0.29) is 11.7 Å². The number of aryl methyl sites for hydroxylation is 2. The summed E-state index contributed by atoms with van der Waals surface area (Å²) in [6.45, 7) is 6.98. The lowest BCUT2D eigenvalue weighted by atomic mass is 10.0. The molecule has 154 valence electrons. The maximum atomic E-state index is 13.3. The number of halogens is 1. The van der Waals surface area contributed by atoms with Crippen LogP contribution in [0.2, 0.25) is 0 Å². The van der Waals surface area contributed by atoms with Crippen LogP contribution in [0.15, 0.2) is 24.3 Å². The molecule has 0 atom stereocenters. The molecule has 2 aromatic rings. The molecule has 1 aromatic heterocycles. The van der Waals surface area contributed by atoms with Gasteiger partial charge in [-0.3, -0.25) is 4.79 Å². The molecule has 4 rings (SSSR count). The van der Waals surface area contributed by atoms with Crippen LogP contribution in [0.5, 0.6) is 0 Å². The number of amides is 1. The summed E-state index contributed by atoms with van der Waals surface area (Å²) in [6, 6.07) is 6.62. The van der Waals surface area contributed by atoms with Crippen LogP contribution >= 0.6 is 0 Å². The molecule has 0 unspecified atom stereocenters. The molecule has 1 aliphatic carbocycles. The molecule has 0 spiro atoms. The van der Waals surface area contributed by atoms with E-state index in [1.54, 1.807) is 0 Å². The van der Waals surface area contributed by atoms with E-state index in [1.807, 2.05) is 30.9 Å². The van der Waals surface area contributed by atoms with Gasteiger partial charge in [-0.2, -0.15) is 0 Å². The summed E-state index contributed by atoms with van der Waals surface area (Å²) in [5, 5.41) is 0. The van der Waals surface area contributed by atoms with Gasteiger partial charge in [0, 0.05) is 49.8 Å². The summed E-state index contributed by atoms with van der Waals surface area (Å²) >= 11 is 0. The Labute approximate surface area is 172 Å². The zero-order valence-electron chi connectivity index (χ0n) is 17.3. The van der Waals surface area contributed by atoms with Gasteiger partial charge < -0.3 is 9.80 Å². The van der Waals surface area contributed by atoms with Crippen molar-refractivity contribution in [3.63, 3.8) is 0 Å². The molecule has 1 aromatic carbocycles. The highest BCUT2D eigenvalue weighted by Gasteiger charge is 2.30. The van der Waals surface area contributed by atoms with Crippen molar-refractivity contribution in [1.29, 1.82) is 0 Å². The molecule has 1 saturated heterocycles. The van der Waals surface area contributed by atoms with Gasteiger partial charge in [-0.1, -0.05) is 25.0 Å². The molecule has 2 fully saturated rings. The molecular weight excluding hydrogens is 367 g/mol. The minimum atomic E-state index is -0.228. The van der Waals surface area contributed by atoms with E-state index in [0.29, 0.717) is 12.3 Å². The first-order valence-corrected chi connectivity index (χ1v) is 10.6. The number of aromatic nitrogens is 2. The molecule has 1 aliphatic heterocycles. The molecular formula is C23H29FN4O. The van der Waals surface area contributed by atoms with Crippen LogP contribution < -0.4 is 4.90 Å². The van der Waals surface area contributed by atoms with Crippen molar-refractivity contribution >= 4 is 11.7 Å². The number of anilines is 1. The summed E-state index contributed by atoms with van der Waals surface area (Å²) in [4.78, 5) is 26.4. The van der Waals surface area contributed by atoms with E-state index in [2.05, 4.69) is 9.88 Å². The van der Waals surface area contributed by atoms with Gasteiger partial charge in [-0.05, 0) is 44.4 Å². The average molecular weight is 397 g/mol. The highest BCUT2D eigenvalue weighted by molar-refractivity contribution is 5.79. The Balaban J connectivity index is 1.50. The number of piperazine rings is 1. The number of hydrogen-bond acceptors (Lipinski definition) is 4. The van der Waals surface area contributed by atoms with Gasteiger partial charge in [0.05, 0.1) is 0 Å². The van der Waals surface area contributed by atoms with Gasteiger partial charge >= 0.3 is 0 Å². The highest BCUT2D eigenvalue weighted by atomic mass is 19.1. The second kappa shape index (κ2) is 8.47. The fraction of sp³-hybridized carbons (Fsp3) is 0.522. The van der Waals surface area contributed by atoms with E-state index in [9.17, 15) is 9.18 Å². The third kappa shape index (κ3) is 4.41. The number of carbonyl (C=O) groups is 1. The first-order chi connectivity index (χ1) is 14.0. The van der Waals surface area contributed by atoms with Gasteiger partial charge in [0.2, 0.25) is 5.91 Å². The van der Waals surface area contributed by atoms with Gasteiger partial charge in [0.1, 0.15) is 17.5 Å². The molecule has 1 amide bonds. The van der Waals surface area contributed by atoms with E-state index in [0.717, 1.165) is 67.5 Å². The van der Waals surface area contributed by atoms with Crippen molar-refractivity contribution in [2.75, 3.05) is 31.1 Å². The van der Waals surface area contributed by atoms with Crippen LogP contribution in [0.3, 0.4) is 0 Å². The third-order valence-electron chi connectivity index (χ3n) is 6.19. The van der Waals surface area contributed by atoms with Crippen molar-refractivity contribution in [3.8, 4) is 0 Å². The van der Waals surface area contributed by atoms with E-state index < -0.39 is 0 Å². The molecule has 1 saturated carbocycles. The quantitative estimate of drug-likeness (QED) is 0.791. The SMILES string of the molecule is Cc1nc(C)c(Cc2ccc(F)cc2)c(N2CCN(C(=O)C3CCCC3)CC2)n1. The van der Waals surface area contributed by atoms with Crippen LogP contribution in [-0.2, 0) is 11.2 Å². The number of carbonyl (C=O) groups excluding carboxylic acids is 1. The highest BCUT2D eigenvalue weighted by Crippen LogP contribution is 2.28. The van der Waals surface area contributed by atoms with E-state index >= 15 is 0 Å². The minimum Gasteiger partial charge on any atom is -0.353 e. The molecule has 6 heteroatoms. The van der Waals surface area contributed by atoms with Crippen molar-refractivity contribution in [1.82, 2.24) is 14.9 Å². The zero-order chi connectivity index (χ0) is 20.4. The molecule has 0 bridgehead atoms. The van der Waals surface area contributed by atoms with Crippen molar-refractivity contribution in [2.45, 2.75) is 46.0 Å². The summed E-state index contributed by atoms with van der Waals surface area (Å²) < 4.78 is 13.3. The van der Waals surface area contributed by atoms with Crippen LogP contribution in [0.1, 0.15) is 48.3 Å². The number of rotatable bonds is 4. The monoisotopic (exact) mass is 396 g/mol. The smallest absolute Gasteiger partial charge is 0.225 e. The normalized spacial score (nSPS) is 17.8. The van der Waals surface area contributed by atoms with Crippen LogP contribution in [0, 0.1) is 25.6 Å². The maximum Gasteiger partial charge on any atom is 0.225 e. The van der Waals surface area contributed by atoms with Crippen LogP contribution in [0.4, 0.5) is 10.2 Å². The molecule has 2 aliphatic rings. The van der Waals surface area contributed by atoms with Crippen molar-refractivity contribution in [3.05, 3.63) is 52.7 Å². The predicted molar refractivity (Wildman–Crippen MR) is 111 cm³/mol. The third-order valence-corrected chi connectivity index (χ3v) is 6.19. The Morgan fingerprint density at radius 1 is 1.03 bits per heavy atom. The summed E-state index contributed by atoms with van der Waals surface area (Å²) in [7, 11) is 0. The Morgan fingerprint density at radius 2 is 1.69 bits per heavy atom. The van der Waals surface area contributed by atoms with Crippen molar-refractivity contribution < 1.29 is 9.18 Å². The lowest BCUT2D eigenvalue weighted by molar-refractivity contribution is -0.135. The topological polar surface area (TPSA) is 49.3 Å². The second-order valence-corrected chi connectivity index (χ2v) is 8.26. The number of hydrogen-bond donors (Lipinski definition) is 0. The zero-order valence-corrected chi connectivity index (χ0v) is 17.3. The van der Waals surface area contributed by atoms with Crippen LogP contribution in [0.25, 0.3) is 0 Å². The largest absolute Gasteiger partial charge is 0.353 e. The summed E-state index contributed by atoms with van der Waals surface area (Å²) in [6.07, 6.45) is 5.13. The van der Waals surface area contributed by atoms with Gasteiger partial charge in [0.25, 0.3) is 0 Å². The number of nitrogens with zero attached hydrogens (tertiary/aromatic N) is 4. The molecule has 0 radical (unpaired) electrons. The van der Waals surface area contributed by atoms with E-state index in [4.69, 9.17) is 4.98 Å². The fourth-order valence-corrected chi connectivity index (χ4v) is 4.56. The standard InChI is InChI=1S/C23H29FN4O/c1-16-21(15-18-7-9-20(24)10-8-18)22(26-17(2)25-16)27-11-13-28(14-12-27)23(29)19-5-3-4-6-19/h7-10,19H,3-6,11-15H2,1-2H3. The lowest BCUT2D eigenvalue weighted by Crippen LogP contribution is -2.50. The first-order valence-electron chi connectivity index (χ1n) is 10.6. The second-order valence-electron chi connectivity index (χ2n) is 8.26. The lowest BCUT2D eigenvalue weighted by Gasteiger charge is -2.37. The molecule has 0 N–H and O–H groups in total. The summed E-state index contributed by atoms with van der Waals surface area (Å²) in [5.41, 5.74) is 3.08. The molecule has 29 heavy (non-hydrogen) atoms.